The van der Waals surface area contributed by atoms with Crippen LogP contribution in [0.4, 0.5) is 0 Å². The Kier molecular flexibility index (Phi) is 12.8. The summed E-state index contributed by atoms with van der Waals surface area (Å²) >= 11 is 1.47. The minimum absolute atomic E-state index is 0.0838. The highest BCUT2D eigenvalue weighted by molar-refractivity contribution is 8.00. The molecule has 0 aromatic carbocycles. The molecule has 0 amide bonds. The fraction of sp³-hybridized carbons (Fsp3) is 0.684. The van der Waals surface area contributed by atoms with Crippen molar-refractivity contribution >= 4 is 27.9 Å². The molecule has 1 atom stereocenters. The first-order valence-electron chi connectivity index (χ1n) is 10.9. The smallest absolute Gasteiger partial charge is 0.267 e. The number of aryl methyl sites for hydroxylation is 1. The van der Waals surface area contributed by atoms with E-state index >= 15 is 0 Å². The minimum Gasteiger partial charge on any atom is -0.756 e. The summed E-state index contributed by atoms with van der Waals surface area (Å²) in [6.45, 7) is 6.22. The van der Waals surface area contributed by atoms with Gasteiger partial charge in [0, 0.05) is 36.6 Å². The molecule has 0 aliphatic rings. The van der Waals surface area contributed by atoms with Crippen molar-refractivity contribution in [2.75, 3.05) is 38.9 Å². The summed E-state index contributed by atoms with van der Waals surface area (Å²) in [7, 11) is -5.19. The number of phosphoric acid groups is 1. The first kappa shape index (κ1) is 29.0. The average Bonchev–Trinajstić information content (AvgIpc) is 3.24. The van der Waals surface area contributed by atoms with Gasteiger partial charge in [-0.1, -0.05) is 17.0 Å². The van der Waals surface area contributed by atoms with Gasteiger partial charge in [-0.3, -0.25) is 4.57 Å². The normalized spacial score (nSPS) is 13.8. The molecule has 0 aliphatic carbocycles. The van der Waals surface area contributed by atoms with Crippen LogP contribution in [0.3, 0.4) is 0 Å². The van der Waals surface area contributed by atoms with Gasteiger partial charge in [0.1, 0.15) is 0 Å². The van der Waals surface area contributed by atoms with Gasteiger partial charge in [-0.25, -0.2) is 14.6 Å². The number of hydrogen-bond donors (Lipinski definition) is 1. The Morgan fingerprint density at radius 2 is 1.88 bits per heavy atom. The number of aromatic nitrogens is 5. The molecule has 2 aromatic rings. The molecule has 0 radical (unpaired) electrons. The van der Waals surface area contributed by atoms with E-state index in [-0.39, 0.29) is 6.61 Å². The highest BCUT2D eigenvalue weighted by Crippen LogP contribution is 2.36. The highest BCUT2D eigenvalue weighted by Gasteiger charge is 2.17. The molecule has 0 fully saturated rings. The standard InChI is InChI=1S/C19H34N5O7PSSi/c1-28-32(25,26)31-8-5-4-6-18-14-24(23-22-18)7-9-29-10-11-30-15-17-12-20-19(21-13-17)33-16-34(2,3)27/h12-14,27H,4-11,15-16H2,1-3H3,(H,25,26)/p-1. The molecule has 192 valence electrons. The number of phosphoric ester groups is 1. The molecule has 2 aromatic heterocycles. The molecule has 34 heavy (non-hydrogen) atoms. The molecule has 0 spiro atoms. The van der Waals surface area contributed by atoms with Gasteiger partial charge in [0.15, 0.2) is 13.5 Å². The van der Waals surface area contributed by atoms with Crippen LogP contribution in [0.25, 0.3) is 0 Å². The van der Waals surface area contributed by atoms with Gasteiger partial charge < -0.3 is 28.2 Å². The molecular formula is C19H33N5O7PSSi-. The molecule has 2 rings (SSSR count). The molecule has 2 heterocycles. The summed E-state index contributed by atoms with van der Waals surface area (Å²) in [5, 5.41) is 9.47. The zero-order valence-corrected chi connectivity index (χ0v) is 22.5. The lowest BCUT2D eigenvalue weighted by molar-refractivity contribution is -0.223. The van der Waals surface area contributed by atoms with Crippen LogP contribution in [0.2, 0.25) is 13.1 Å². The van der Waals surface area contributed by atoms with Crippen molar-refractivity contribution in [1.29, 1.82) is 0 Å². The lowest BCUT2D eigenvalue weighted by Crippen LogP contribution is -2.29. The maximum absolute atomic E-state index is 11.1. The number of unbranched alkanes of at least 4 members (excludes halogenated alkanes) is 1. The Labute approximate surface area is 205 Å². The van der Waals surface area contributed by atoms with Crippen LogP contribution in [0, 0.1) is 0 Å². The predicted octanol–water partition coefficient (Wildman–Crippen LogP) is 1.58. The van der Waals surface area contributed by atoms with E-state index < -0.39 is 16.1 Å². The lowest BCUT2D eigenvalue weighted by atomic mass is 10.2. The SMILES string of the molecule is COP(=O)([O-])OCCCCc1cn(CCOCCOCc2cnc(SC[Si](C)(C)O)nc2)nn1. The van der Waals surface area contributed by atoms with Gasteiger partial charge in [-0.15, -0.1) is 5.10 Å². The van der Waals surface area contributed by atoms with Crippen LogP contribution in [0.15, 0.2) is 23.7 Å². The number of rotatable bonds is 18. The first-order valence-corrected chi connectivity index (χ1v) is 16.5. The molecule has 15 heteroatoms. The van der Waals surface area contributed by atoms with Crippen molar-refractivity contribution in [2.24, 2.45) is 0 Å². The largest absolute Gasteiger partial charge is 0.756 e. The molecule has 0 saturated carbocycles. The third kappa shape index (κ3) is 13.0. The minimum atomic E-state index is -4.15. The Balaban J connectivity index is 1.49. The van der Waals surface area contributed by atoms with Gasteiger partial charge >= 0.3 is 0 Å². The third-order valence-electron chi connectivity index (χ3n) is 4.23. The molecule has 0 bridgehead atoms. The van der Waals surface area contributed by atoms with Crippen LogP contribution >= 0.6 is 19.6 Å². The van der Waals surface area contributed by atoms with Crippen LogP contribution in [-0.2, 0) is 42.7 Å². The topological polar surface area (TPSA) is 154 Å². The number of ether oxygens (including phenoxy) is 2. The van der Waals surface area contributed by atoms with Crippen molar-refractivity contribution in [3.8, 4) is 0 Å². The van der Waals surface area contributed by atoms with Gasteiger partial charge in [0.25, 0.3) is 7.82 Å². The fourth-order valence-electron chi connectivity index (χ4n) is 2.50. The van der Waals surface area contributed by atoms with Crippen LogP contribution in [0.5, 0.6) is 0 Å². The van der Waals surface area contributed by atoms with Crippen molar-refractivity contribution < 1.29 is 32.8 Å². The second-order valence-electron chi connectivity index (χ2n) is 8.03. The van der Waals surface area contributed by atoms with Crippen molar-refractivity contribution in [3.05, 3.63) is 29.8 Å². The molecule has 1 N–H and O–H groups in total. The zero-order valence-electron chi connectivity index (χ0n) is 19.8. The third-order valence-corrected chi connectivity index (χ3v) is 9.05. The van der Waals surface area contributed by atoms with E-state index in [0.29, 0.717) is 56.3 Å². The predicted molar refractivity (Wildman–Crippen MR) is 126 cm³/mol. The Morgan fingerprint density at radius 3 is 2.59 bits per heavy atom. The van der Waals surface area contributed by atoms with Gasteiger partial charge in [0.2, 0.25) is 0 Å². The average molecular weight is 535 g/mol. The van der Waals surface area contributed by atoms with E-state index in [1.54, 1.807) is 17.1 Å². The monoisotopic (exact) mass is 534 g/mol. The maximum atomic E-state index is 11.1. The Morgan fingerprint density at radius 1 is 1.15 bits per heavy atom. The van der Waals surface area contributed by atoms with Gasteiger partial charge in [0.05, 0.1) is 45.3 Å². The summed E-state index contributed by atoms with van der Waals surface area (Å²) in [4.78, 5) is 29.5. The summed E-state index contributed by atoms with van der Waals surface area (Å²) in [6, 6.07) is 0. The molecule has 0 aliphatic heterocycles. The van der Waals surface area contributed by atoms with E-state index in [2.05, 4.69) is 29.3 Å². The Bertz CT molecular complexity index is 885. The van der Waals surface area contributed by atoms with E-state index in [9.17, 15) is 14.3 Å². The summed E-state index contributed by atoms with van der Waals surface area (Å²) in [6.07, 6.45) is 7.30. The fourth-order valence-corrected chi connectivity index (χ4v) is 5.14. The first-order chi connectivity index (χ1) is 16.2. The van der Waals surface area contributed by atoms with Gasteiger partial charge in [-0.05, 0) is 32.4 Å². The quantitative estimate of drug-likeness (QED) is 0.0971. The van der Waals surface area contributed by atoms with E-state index in [0.717, 1.165) is 24.8 Å². The highest BCUT2D eigenvalue weighted by atomic mass is 32.2. The number of hydrogen-bond acceptors (Lipinski definition) is 12. The second-order valence-corrected chi connectivity index (χ2v) is 15.0. The number of thioether (sulfide) groups is 1. The van der Waals surface area contributed by atoms with Gasteiger partial charge in [-0.2, -0.15) is 0 Å². The second kappa shape index (κ2) is 15.0. The van der Waals surface area contributed by atoms with Crippen molar-refractivity contribution in [1.82, 2.24) is 25.0 Å². The molecule has 0 saturated heterocycles. The van der Waals surface area contributed by atoms with Crippen LogP contribution in [-0.4, -0.2) is 77.0 Å². The van der Waals surface area contributed by atoms with Crippen molar-refractivity contribution in [2.45, 2.75) is 50.7 Å². The summed E-state index contributed by atoms with van der Waals surface area (Å²) in [5.74, 6) is 0. The van der Waals surface area contributed by atoms with Crippen LogP contribution in [0.1, 0.15) is 24.1 Å². The zero-order chi connectivity index (χ0) is 24.9. The van der Waals surface area contributed by atoms with E-state index in [4.69, 9.17) is 9.47 Å². The van der Waals surface area contributed by atoms with E-state index in [1.165, 1.54) is 11.8 Å². The molecular weight excluding hydrogens is 501 g/mol. The summed E-state index contributed by atoms with van der Waals surface area (Å²) < 4.78 is 32.8. The number of nitrogens with zero attached hydrogens (tertiary/aromatic N) is 5. The Hall–Kier alpha value is -1.22. The molecule has 12 nitrogen and oxygen atoms in total. The summed E-state index contributed by atoms with van der Waals surface area (Å²) in [5.41, 5.74) is 1.71. The van der Waals surface area contributed by atoms with Crippen LogP contribution < -0.4 is 4.89 Å². The maximum Gasteiger partial charge on any atom is 0.267 e. The molecule has 1 unspecified atom stereocenters. The van der Waals surface area contributed by atoms with E-state index in [1.807, 2.05) is 19.3 Å². The lowest BCUT2D eigenvalue weighted by Gasteiger charge is -2.19. The van der Waals surface area contributed by atoms with Crippen molar-refractivity contribution in [3.63, 3.8) is 0 Å².